The van der Waals surface area contributed by atoms with E-state index in [9.17, 15) is 4.79 Å². The van der Waals surface area contributed by atoms with Gasteiger partial charge in [0.2, 0.25) is 5.91 Å². The van der Waals surface area contributed by atoms with Crippen LogP contribution in [0.25, 0.3) is 0 Å². The lowest BCUT2D eigenvalue weighted by molar-refractivity contribution is -0.127. The highest BCUT2D eigenvalue weighted by atomic mass is 16.5. The van der Waals surface area contributed by atoms with Gasteiger partial charge in [-0.05, 0) is 36.8 Å². The van der Waals surface area contributed by atoms with Crippen molar-refractivity contribution in [2.24, 2.45) is 0 Å². The van der Waals surface area contributed by atoms with Crippen molar-refractivity contribution < 1.29 is 9.53 Å². The molecule has 1 aliphatic carbocycles. The van der Waals surface area contributed by atoms with Crippen molar-refractivity contribution in [2.75, 3.05) is 13.7 Å². The second kappa shape index (κ2) is 5.54. The van der Waals surface area contributed by atoms with Crippen LogP contribution in [0.15, 0.2) is 24.3 Å². The highest BCUT2D eigenvalue weighted by Gasteiger charge is 2.37. The number of carbonyl (C=O) groups excluding carboxylic acids is 1. The molecule has 3 rings (SSSR count). The average molecular weight is 274 g/mol. The lowest BCUT2D eigenvalue weighted by Gasteiger charge is -2.40. The van der Waals surface area contributed by atoms with Gasteiger partial charge in [0.05, 0.1) is 11.6 Å². The van der Waals surface area contributed by atoms with Gasteiger partial charge in [-0.1, -0.05) is 24.3 Å². The van der Waals surface area contributed by atoms with Gasteiger partial charge in [-0.3, -0.25) is 4.79 Å². The fourth-order valence-electron chi connectivity index (χ4n) is 3.04. The second-order valence-corrected chi connectivity index (χ2v) is 5.86. The number of carbonyl (C=O) groups is 1. The summed E-state index contributed by atoms with van der Waals surface area (Å²) in [6.45, 7) is 1.39. The number of benzene rings is 1. The molecule has 0 unspecified atom stereocenters. The molecule has 4 heteroatoms. The molecule has 1 aromatic carbocycles. The summed E-state index contributed by atoms with van der Waals surface area (Å²) in [6.07, 6.45) is 4.05. The number of fused-ring (bicyclic) bond motifs is 1. The lowest BCUT2D eigenvalue weighted by Crippen LogP contribution is -2.54. The third kappa shape index (κ3) is 2.58. The Bertz CT molecular complexity index is 491. The Balaban J connectivity index is 1.56. The maximum atomic E-state index is 12.3. The minimum atomic E-state index is -0.126. The largest absolute Gasteiger partial charge is 0.376 e. The van der Waals surface area contributed by atoms with Crippen LogP contribution in [0.4, 0.5) is 0 Å². The first-order valence-corrected chi connectivity index (χ1v) is 7.35. The van der Waals surface area contributed by atoms with Gasteiger partial charge in [0, 0.05) is 20.2 Å². The van der Waals surface area contributed by atoms with Crippen LogP contribution in [0, 0.1) is 0 Å². The predicted octanol–water partition coefficient (Wildman–Crippen LogP) is 1.39. The highest BCUT2D eigenvalue weighted by Crippen LogP contribution is 2.34. The molecule has 2 N–H and O–H groups in total. The Labute approximate surface area is 119 Å². The molecule has 1 atom stereocenters. The zero-order valence-electron chi connectivity index (χ0n) is 11.9. The number of nitrogens with one attached hydrogen (secondary N) is 2. The predicted molar refractivity (Wildman–Crippen MR) is 77.4 cm³/mol. The van der Waals surface area contributed by atoms with Crippen LogP contribution in [0.3, 0.4) is 0 Å². The van der Waals surface area contributed by atoms with E-state index in [1.807, 2.05) is 12.1 Å². The molecule has 108 valence electrons. The normalized spacial score (nSPS) is 23.6. The first-order chi connectivity index (χ1) is 9.72. The zero-order chi connectivity index (χ0) is 14.0. The monoisotopic (exact) mass is 274 g/mol. The first kappa shape index (κ1) is 13.6. The maximum Gasteiger partial charge on any atom is 0.237 e. The molecule has 1 aromatic rings. The van der Waals surface area contributed by atoms with Crippen molar-refractivity contribution in [2.45, 2.75) is 43.9 Å². The molecule has 0 bridgehead atoms. The van der Waals surface area contributed by atoms with Gasteiger partial charge < -0.3 is 15.4 Å². The Morgan fingerprint density at radius 3 is 2.80 bits per heavy atom. The zero-order valence-corrected chi connectivity index (χ0v) is 11.9. The highest BCUT2D eigenvalue weighted by molar-refractivity contribution is 5.82. The Morgan fingerprint density at radius 2 is 2.15 bits per heavy atom. The van der Waals surface area contributed by atoms with Crippen LogP contribution < -0.4 is 10.6 Å². The molecule has 1 saturated carbocycles. The molecule has 0 radical (unpaired) electrons. The molecule has 1 heterocycles. The van der Waals surface area contributed by atoms with Gasteiger partial charge in [-0.2, -0.15) is 0 Å². The molecule has 20 heavy (non-hydrogen) atoms. The van der Waals surface area contributed by atoms with Crippen LogP contribution in [0.2, 0.25) is 0 Å². The molecular formula is C16H22N2O2. The van der Waals surface area contributed by atoms with E-state index in [1.165, 1.54) is 17.5 Å². The van der Waals surface area contributed by atoms with Crippen LogP contribution in [0.5, 0.6) is 0 Å². The Kier molecular flexibility index (Phi) is 3.76. The summed E-state index contributed by atoms with van der Waals surface area (Å²) in [6, 6.07) is 8.18. The number of ether oxygens (including phenoxy) is 1. The summed E-state index contributed by atoms with van der Waals surface area (Å²) < 4.78 is 5.53. The van der Waals surface area contributed by atoms with E-state index >= 15 is 0 Å². The molecule has 0 aromatic heterocycles. The summed E-state index contributed by atoms with van der Waals surface area (Å²) in [5.74, 6) is 0.0860. The molecular weight excluding hydrogens is 252 g/mol. The number of amides is 1. The summed E-state index contributed by atoms with van der Waals surface area (Å²) in [5, 5.41) is 6.36. The van der Waals surface area contributed by atoms with E-state index < -0.39 is 0 Å². The minimum Gasteiger partial charge on any atom is -0.376 e. The molecule has 0 saturated heterocycles. The van der Waals surface area contributed by atoms with E-state index in [2.05, 4.69) is 22.8 Å². The fourth-order valence-corrected chi connectivity index (χ4v) is 3.04. The standard InChI is InChI=1S/C16H22N2O2/c1-20-16(7-4-8-16)11-18-15(19)14-9-12-5-2-3-6-13(12)10-17-14/h2-3,5-6,14,17H,4,7-11H2,1H3,(H,18,19)/t14-/m1/s1. The maximum absolute atomic E-state index is 12.3. The summed E-state index contributed by atoms with van der Waals surface area (Å²) >= 11 is 0. The molecule has 2 aliphatic rings. The average Bonchev–Trinajstić information content (AvgIpc) is 2.46. The smallest absolute Gasteiger partial charge is 0.237 e. The van der Waals surface area contributed by atoms with Crippen LogP contribution in [-0.4, -0.2) is 31.2 Å². The van der Waals surface area contributed by atoms with E-state index in [0.717, 1.165) is 25.8 Å². The van der Waals surface area contributed by atoms with Crippen LogP contribution in [0.1, 0.15) is 30.4 Å². The van der Waals surface area contributed by atoms with Gasteiger partial charge in [-0.25, -0.2) is 0 Å². The first-order valence-electron chi connectivity index (χ1n) is 7.35. The molecule has 4 nitrogen and oxygen atoms in total. The quantitative estimate of drug-likeness (QED) is 0.872. The SMILES string of the molecule is COC1(CNC(=O)[C@H]2Cc3ccccc3CN2)CCC1. The number of hydrogen-bond acceptors (Lipinski definition) is 3. The molecule has 1 aliphatic heterocycles. The van der Waals surface area contributed by atoms with Crippen LogP contribution in [-0.2, 0) is 22.5 Å². The van der Waals surface area contributed by atoms with Crippen LogP contribution >= 0.6 is 0 Å². The second-order valence-electron chi connectivity index (χ2n) is 5.86. The Morgan fingerprint density at radius 1 is 1.40 bits per heavy atom. The number of hydrogen-bond donors (Lipinski definition) is 2. The van der Waals surface area contributed by atoms with Crippen molar-refractivity contribution in [1.29, 1.82) is 0 Å². The molecule has 1 fully saturated rings. The van der Waals surface area contributed by atoms with Crippen molar-refractivity contribution in [3.63, 3.8) is 0 Å². The summed E-state index contributed by atoms with van der Waals surface area (Å²) in [5.41, 5.74) is 2.46. The third-order valence-electron chi connectivity index (χ3n) is 4.68. The number of methoxy groups -OCH3 is 1. The minimum absolute atomic E-state index is 0.0860. The lowest BCUT2D eigenvalue weighted by atomic mass is 9.80. The van der Waals surface area contributed by atoms with E-state index in [-0.39, 0.29) is 17.6 Å². The molecule has 0 spiro atoms. The van der Waals surface area contributed by atoms with Crippen molar-refractivity contribution in [1.82, 2.24) is 10.6 Å². The van der Waals surface area contributed by atoms with Crippen molar-refractivity contribution in [3.05, 3.63) is 35.4 Å². The topological polar surface area (TPSA) is 50.4 Å². The third-order valence-corrected chi connectivity index (χ3v) is 4.68. The Hall–Kier alpha value is -1.39. The van der Waals surface area contributed by atoms with Crippen molar-refractivity contribution in [3.8, 4) is 0 Å². The van der Waals surface area contributed by atoms with Gasteiger partial charge >= 0.3 is 0 Å². The van der Waals surface area contributed by atoms with Gasteiger partial charge in [-0.15, -0.1) is 0 Å². The van der Waals surface area contributed by atoms with Gasteiger partial charge in [0.1, 0.15) is 0 Å². The van der Waals surface area contributed by atoms with Gasteiger partial charge in [0.15, 0.2) is 0 Å². The van der Waals surface area contributed by atoms with Gasteiger partial charge in [0.25, 0.3) is 0 Å². The molecule has 1 amide bonds. The van der Waals surface area contributed by atoms with E-state index in [0.29, 0.717) is 6.54 Å². The summed E-state index contributed by atoms with van der Waals surface area (Å²) in [4.78, 5) is 12.3. The summed E-state index contributed by atoms with van der Waals surface area (Å²) in [7, 11) is 1.74. The van der Waals surface area contributed by atoms with Crippen molar-refractivity contribution >= 4 is 5.91 Å². The fraction of sp³-hybridized carbons (Fsp3) is 0.562. The van der Waals surface area contributed by atoms with E-state index in [1.54, 1.807) is 7.11 Å². The number of rotatable bonds is 4. The van der Waals surface area contributed by atoms with E-state index in [4.69, 9.17) is 4.74 Å².